The van der Waals surface area contributed by atoms with E-state index in [-0.39, 0.29) is 69.4 Å². The largest absolute Gasteiger partial charge is 0.508 e. The minimum atomic E-state index is -1.64. The molecular weight excluding hydrogens is 1360 g/mol. The summed E-state index contributed by atoms with van der Waals surface area (Å²) in [5.74, 6) is -7.64. The van der Waals surface area contributed by atoms with Crippen molar-refractivity contribution in [3.05, 3.63) is 137 Å². The molecule has 2 aromatic heterocycles. The van der Waals surface area contributed by atoms with E-state index in [4.69, 9.17) is 11.5 Å². The van der Waals surface area contributed by atoms with Gasteiger partial charge in [0.15, 0.2) is 0 Å². The summed E-state index contributed by atoms with van der Waals surface area (Å²) in [5.41, 5.74) is 26.9. The van der Waals surface area contributed by atoms with Crippen LogP contribution in [0.1, 0.15) is 79.2 Å². The number of nitrogens with two attached hydrogens (primary N) is 2. The predicted molar refractivity (Wildman–Crippen MR) is 378 cm³/mol. The van der Waals surface area contributed by atoms with E-state index < -0.39 is 138 Å². The first kappa shape index (κ1) is 75.4. The molecule has 30 nitrogen and oxygen atoms in total. The number of phenols is 1. The summed E-state index contributed by atoms with van der Waals surface area (Å²) in [6, 6.07) is 10.2. The maximum Gasteiger partial charge on any atom is 0.246 e. The number of aromatic nitrogens is 2. The number of halogens is 2. The quantitative estimate of drug-likeness (QED) is 0.0553. The number of thioether (sulfide) groups is 2. The molecular formula is C68H87F2N19O11S2. The Labute approximate surface area is 594 Å². The molecule has 0 spiro atoms. The van der Waals surface area contributed by atoms with Crippen molar-refractivity contribution in [1.82, 2.24) is 90.0 Å². The number of rotatable bonds is 15. The summed E-state index contributed by atoms with van der Waals surface area (Å²) in [5, 5.41) is 39.4. The smallest absolute Gasteiger partial charge is 0.246 e. The molecule has 10 amide bonds. The number of aromatic amines is 2. The molecule has 4 aliphatic heterocycles. The molecule has 4 aromatic carbocycles. The van der Waals surface area contributed by atoms with Gasteiger partial charge in [0.05, 0.1) is 12.7 Å². The summed E-state index contributed by atoms with van der Waals surface area (Å²) in [6.45, 7) is 0.417. The fraction of sp³-hybridized carbons (Fsp3) is 0.441. The number of hydrogen-bond acceptors (Lipinski definition) is 20. The molecule has 546 valence electrons. The third-order valence-corrected chi connectivity index (χ3v) is 20.2. The Morgan fingerprint density at radius 2 is 1.22 bits per heavy atom. The number of nitrogens with one attached hydrogen (secondary N) is 16. The van der Waals surface area contributed by atoms with Crippen LogP contribution in [0.3, 0.4) is 0 Å². The normalized spacial score (nSPS) is 24.4. The number of carbonyl (C=O) groups is 10. The third kappa shape index (κ3) is 21.2. The van der Waals surface area contributed by atoms with Crippen LogP contribution < -0.4 is 86.6 Å². The number of amides is 10. The molecule has 0 radical (unpaired) electrons. The highest BCUT2D eigenvalue weighted by molar-refractivity contribution is 7.98. The summed E-state index contributed by atoms with van der Waals surface area (Å²) in [6.07, 6.45) is 2.88. The molecule has 9 atom stereocenters. The van der Waals surface area contributed by atoms with Crippen LogP contribution in [0.5, 0.6) is 5.75 Å². The second kappa shape index (κ2) is 36.6. The van der Waals surface area contributed by atoms with Gasteiger partial charge < -0.3 is 84.6 Å². The van der Waals surface area contributed by atoms with E-state index >= 15 is 28.4 Å². The Hall–Kier alpha value is -9.26. The Balaban J connectivity index is 0.981. The second-order valence-electron chi connectivity index (χ2n) is 25.7. The molecule has 21 N–H and O–H groups in total. The number of carbonyl (C=O) groups excluding carboxylic acids is 10. The zero-order chi connectivity index (χ0) is 72.2. The number of phenolic OH excluding ortho intramolecular Hbond substituents is 1. The summed E-state index contributed by atoms with van der Waals surface area (Å²) in [7, 11) is 0. The van der Waals surface area contributed by atoms with Gasteiger partial charge >= 0.3 is 0 Å². The highest BCUT2D eigenvalue weighted by Crippen LogP contribution is 2.26. The standard InChI is InChI=1S/C68H87F2N19O11S2/c69-42-11-15-48-46(25-42)40(29-74-48)23-51-63(95)80-52(24-41-30-75-49-16-12-43(70)26-47(41)49)64(96)82-54(28-58-85-87-88-86-58)66(98)81-53(27-44-31-73-36-77-44)65(97)83-55(22-37-9-13-45(90)14-10-37)68(100)89-19-4-8-57(89)67(99)84-56(61(72)93)35-102-34-39-6-3-5-38(21-39)33-101-20-17-59(91)78-50(7-1-2-18-71)62(94)76-32-60(92)79-51/h3,5-6,9-16,21,25-26,29-30,44,50-58,73-75,77,85-88,90H,1-2,4,7-8,17-20,22-24,27-28,31-36,71H2,(H2,72,93)(H,76,94)(H,78,91)(H,79,92)(H,80,95)(H,81,98)(H,82,96)(H,83,97)(H,84,99)/t44?,50-,51-,52-,53-,54-,55-,56-,57-/m0/s1. The van der Waals surface area contributed by atoms with Crippen LogP contribution >= 0.6 is 23.5 Å². The zero-order valence-corrected chi connectivity index (χ0v) is 57.5. The summed E-state index contributed by atoms with van der Waals surface area (Å²) in [4.78, 5) is 153. The number of aromatic hydroxyl groups is 1. The van der Waals surface area contributed by atoms with E-state index in [1.165, 1.54) is 89.3 Å². The molecule has 34 heteroatoms. The van der Waals surface area contributed by atoms with Gasteiger partial charge in [0, 0.05) is 115 Å². The Bertz CT molecular complexity index is 3970. The number of hydrazine groups is 3. The third-order valence-electron chi connectivity index (χ3n) is 18.1. The maximum absolute atomic E-state index is 15.4. The van der Waals surface area contributed by atoms with Crippen LogP contribution in [0, 0.1) is 11.6 Å². The Morgan fingerprint density at radius 3 is 1.84 bits per heavy atom. The van der Waals surface area contributed by atoms with E-state index in [1.54, 1.807) is 12.1 Å². The van der Waals surface area contributed by atoms with Crippen molar-refractivity contribution in [2.75, 3.05) is 44.4 Å². The van der Waals surface area contributed by atoms with Gasteiger partial charge in [-0.05, 0) is 121 Å². The van der Waals surface area contributed by atoms with E-state index in [2.05, 4.69) is 85.1 Å². The molecule has 102 heavy (non-hydrogen) atoms. The molecule has 4 aliphatic rings. The first-order valence-corrected chi connectivity index (χ1v) is 36.2. The molecule has 0 saturated carbocycles. The number of primary amides is 1. The van der Waals surface area contributed by atoms with Gasteiger partial charge in [-0.3, -0.25) is 47.9 Å². The SMILES string of the molecule is NCCCC[C@@H]1NC(=O)CCSCc2cccc(c2)CSC[C@@H](C(N)=O)NC(=O)[C@@H]2CCCN2C(=O)[C@H](Cc2ccc(O)cc2)NC(=O)[C@H](CC2CNCN2)NC(=O)[C@H](CC2NNNN2)NC(=O)[C@H](Cc2c[nH]c3ccc(F)cc23)NC(=O)[C@H](Cc2c[nH]c3ccc(F)cc23)NC(=O)CNC1=O. The molecule has 6 aromatic rings. The van der Waals surface area contributed by atoms with Crippen LogP contribution in [0.15, 0.2) is 97.3 Å². The predicted octanol–water partition coefficient (Wildman–Crippen LogP) is -0.912. The van der Waals surface area contributed by atoms with Gasteiger partial charge in [0.25, 0.3) is 0 Å². The van der Waals surface area contributed by atoms with Crippen LogP contribution in [-0.4, -0.2) is 184 Å². The molecule has 2 bridgehead atoms. The van der Waals surface area contributed by atoms with Gasteiger partial charge in [-0.2, -0.15) is 34.6 Å². The lowest BCUT2D eigenvalue weighted by atomic mass is 10.0. The number of H-pyrrole nitrogens is 2. The number of unbranched alkanes of at least 4 members (excludes halogenated alkanes) is 1. The molecule has 3 saturated heterocycles. The fourth-order valence-electron chi connectivity index (χ4n) is 12.7. The van der Waals surface area contributed by atoms with Gasteiger partial charge in [-0.25, -0.2) is 19.6 Å². The van der Waals surface area contributed by atoms with Crippen LogP contribution in [-0.2, 0) is 78.7 Å². The second-order valence-corrected chi connectivity index (χ2v) is 27.8. The van der Waals surface area contributed by atoms with Crippen molar-refractivity contribution < 1.29 is 61.8 Å². The van der Waals surface area contributed by atoms with E-state index in [1.807, 2.05) is 24.3 Å². The lowest BCUT2D eigenvalue weighted by Gasteiger charge is -2.31. The van der Waals surface area contributed by atoms with Crippen molar-refractivity contribution in [3.63, 3.8) is 0 Å². The van der Waals surface area contributed by atoms with Crippen molar-refractivity contribution >= 4 is 104 Å². The number of benzene rings is 4. The van der Waals surface area contributed by atoms with Crippen molar-refractivity contribution in [2.45, 2.75) is 143 Å². The van der Waals surface area contributed by atoms with Crippen LogP contribution in [0.25, 0.3) is 21.8 Å². The molecule has 10 rings (SSSR count). The van der Waals surface area contributed by atoms with Gasteiger partial charge in [0.2, 0.25) is 59.1 Å². The highest BCUT2D eigenvalue weighted by atomic mass is 32.2. The number of fused-ring (bicyclic) bond motifs is 5. The van der Waals surface area contributed by atoms with Gasteiger partial charge in [0.1, 0.15) is 65.7 Å². The number of nitrogens with zero attached hydrogens (tertiary/aromatic N) is 1. The first-order valence-electron chi connectivity index (χ1n) is 33.9. The maximum atomic E-state index is 15.4. The fourth-order valence-corrected chi connectivity index (χ4v) is 14.6. The van der Waals surface area contributed by atoms with Crippen LogP contribution in [0.4, 0.5) is 8.78 Å². The lowest BCUT2D eigenvalue weighted by molar-refractivity contribution is -0.142. The van der Waals surface area contributed by atoms with Crippen molar-refractivity contribution in [1.29, 1.82) is 0 Å². The molecule has 1 unspecified atom stereocenters. The highest BCUT2D eigenvalue weighted by Gasteiger charge is 2.41. The average Bonchev–Trinajstić information content (AvgIpc) is 1.64. The van der Waals surface area contributed by atoms with Crippen LogP contribution in [0.2, 0.25) is 0 Å². The summed E-state index contributed by atoms with van der Waals surface area (Å²) < 4.78 is 30.0. The van der Waals surface area contributed by atoms with Crippen molar-refractivity contribution in [3.8, 4) is 5.75 Å². The Morgan fingerprint density at radius 1 is 0.618 bits per heavy atom. The molecule has 6 heterocycles. The zero-order valence-electron chi connectivity index (χ0n) is 55.9. The number of hydrogen-bond donors (Lipinski definition) is 19. The minimum Gasteiger partial charge on any atom is -0.508 e. The minimum absolute atomic E-state index is 0.0324. The summed E-state index contributed by atoms with van der Waals surface area (Å²) >= 11 is 2.84. The molecule has 3 fully saturated rings. The topological polar surface area (TPSA) is 446 Å². The van der Waals surface area contributed by atoms with Crippen molar-refractivity contribution in [2.24, 2.45) is 11.5 Å². The van der Waals surface area contributed by atoms with E-state index in [0.29, 0.717) is 94.8 Å². The average molecular weight is 1450 g/mol. The lowest BCUT2D eigenvalue weighted by Crippen LogP contribution is -2.62. The van der Waals surface area contributed by atoms with Gasteiger partial charge in [-0.1, -0.05) is 36.4 Å². The van der Waals surface area contributed by atoms with Gasteiger partial charge in [-0.15, -0.1) is 0 Å². The molecule has 0 aliphatic carbocycles. The van der Waals surface area contributed by atoms with E-state index in [0.717, 1.165) is 11.1 Å². The first-order chi connectivity index (χ1) is 49.2. The van der Waals surface area contributed by atoms with E-state index in [9.17, 15) is 33.5 Å². The monoisotopic (exact) mass is 1450 g/mol. The Kier molecular flexibility index (Phi) is 27.0.